The Bertz CT molecular complexity index is 934. The Morgan fingerprint density at radius 2 is 1.20 bits per heavy atom. The van der Waals surface area contributed by atoms with E-state index in [0.29, 0.717) is 0 Å². The first-order valence-corrected chi connectivity index (χ1v) is 8.42. The van der Waals surface area contributed by atoms with Gasteiger partial charge in [0.15, 0.2) is 0 Å². The summed E-state index contributed by atoms with van der Waals surface area (Å²) < 4.78 is 26.4. The van der Waals surface area contributed by atoms with Gasteiger partial charge in [0.2, 0.25) is 0 Å². The van der Waals surface area contributed by atoms with Crippen LogP contribution in [0.4, 0.5) is 8.78 Å². The third kappa shape index (κ3) is 3.28. The van der Waals surface area contributed by atoms with Crippen molar-refractivity contribution in [1.29, 1.82) is 0 Å². The zero-order chi connectivity index (χ0) is 17.2. The Labute approximate surface area is 144 Å². The molecule has 4 rings (SSSR count). The molecule has 2 aromatic carbocycles. The minimum Gasteiger partial charge on any atom is -0.361 e. The molecular formula is C20H19F2N3. The molecule has 5 heteroatoms. The molecule has 0 saturated heterocycles. The maximum Gasteiger partial charge on any atom is 0.125 e. The number of hydrogen-bond acceptors (Lipinski definition) is 1. The third-order valence-electron chi connectivity index (χ3n) is 4.60. The van der Waals surface area contributed by atoms with Crippen LogP contribution in [0, 0.1) is 11.6 Å². The van der Waals surface area contributed by atoms with Crippen molar-refractivity contribution in [3.8, 4) is 0 Å². The highest BCUT2D eigenvalue weighted by atomic mass is 19.1. The van der Waals surface area contributed by atoms with Gasteiger partial charge in [-0.1, -0.05) is 0 Å². The standard InChI is InChI=1S/C20H19F2N3/c21-15-1-3-17-13(11-24-19(17)9-15)5-7-23-8-6-14-12-25-20-10-16(22)2-4-18(14)20/h1-4,9-12,23-25H,5-8H2. The summed E-state index contributed by atoms with van der Waals surface area (Å²) in [5.41, 5.74) is 4.04. The van der Waals surface area contributed by atoms with Gasteiger partial charge < -0.3 is 15.3 Å². The molecule has 0 fully saturated rings. The summed E-state index contributed by atoms with van der Waals surface area (Å²) in [4.78, 5) is 6.23. The first-order valence-electron chi connectivity index (χ1n) is 8.42. The van der Waals surface area contributed by atoms with Gasteiger partial charge in [0.1, 0.15) is 11.6 Å². The van der Waals surface area contributed by atoms with Gasteiger partial charge in [0, 0.05) is 34.2 Å². The van der Waals surface area contributed by atoms with Crippen molar-refractivity contribution >= 4 is 21.8 Å². The molecule has 3 N–H and O–H groups in total. The lowest BCUT2D eigenvalue weighted by Gasteiger charge is -2.04. The van der Waals surface area contributed by atoms with Crippen LogP contribution >= 0.6 is 0 Å². The molecule has 3 nitrogen and oxygen atoms in total. The molecule has 0 saturated carbocycles. The van der Waals surface area contributed by atoms with Crippen molar-refractivity contribution < 1.29 is 8.78 Å². The Kier molecular flexibility index (Phi) is 4.24. The molecule has 0 radical (unpaired) electrons. The summed E-state index contributed by atoms with van der Waals surface area (Å²) in [5.74, 6) is -0.449. The van der Waals surface area contributed by atoms with Gasteiger partial charge in [-0.15, -0.1) is 0 Å². The first-order chi connectivity index (χ1) is 12.2. The summed E-state index contributed by atoms with van der Waals surface area (Å²) in [5, 5.41) is 5.58. The van der Waals surface area contributed by atoms with Crippen LogP contribution in [0.2, 0.25) is 0 Å². The minimum absolute atomic E-state index is 0.224. The zero-order valence-corrected chi connectivity index (χ0v) is 13.7. The van der Waals surface area contributed by atoms with Gasteiger partial charge in [0.25, 0.3) is 0 Å². The molecule has 2 heterocycles. The molecule has 4 aromatic rings. The normalized spacial score (nSPS) is 11.6. The zero-order valence-electron chi connectivity index (χ0n) is 13.7. The van der Waals surface area contributed by atoms with Crippen LogP contribution in [0.5, 0.6) is 0 Å². The average Bonchev–Trinajstić information content (AvgIpc) is 3.18. The van der Waals surface area contributed by atoms with E-state index in [1.54, 1.807) is 0 Å². The number of fused-ring (bicyclic) bond motifs is 2. The quantitative estimate of drug-likeness (QED) is 0.451. The molecule has 0 aliphatic carbocycles. The van der Waals surface area contributed by atoms with E-state index in [2.05, 4.69) is 15.3 Å². The number of aromatic nitrogens is 2. The smallest absolute Gasteiger partial charge is 0.125 e. The maximum absolute atomic E-state index is 13.2. The second kappa shape index (κ2) is 6.69. The van der Waals surface area contributed by atoms with E-state index in [1.165, 1.54) is 35.4 Å². The summed E-state index contributed by atoms with van der Waals surface area (Å²) in [6, 6.07) is 9.67. The fourth-order valence-electron chi connectivity index (χ4n) is 3.30. The highest BCUT2D eigenvalue weighted by Gasteiger charge is 2.06. The third-order valence-corrected chi connectivity index (χ3v) is 4.60. The summed E-state index contributed by atoms with van der Waals surface area (Å²) in [6.07, 6.45) is 5.65. The highest BCUT2D eigenvalue weighted by Crippen LogP contribution is 2.20. The van der Waals surface area contributed by atoms with Crippen LogP contribution in [0.25, 0.3) is 21.8 Å². The van der Waals surface area contributed by atoms with Crippen molar-refractivity contribution in [2.24, 2.45) is 0 Å². The number of rotatable bonds is 6. The van der Waals surface area contributed by atoms with Gasteiger partial charge in [-0.2, -0.15) is 0 Å². The Morgan fingerprint density at radius 1 is 0.720 bits per heavy atom. The number of halogens is 2. The van der Waals surface area contributed by atoms with Crippen LogP contribution in [-0.2, 0) is 12.8 Å². The minimum atomic E-state index is -0.224. The van der Waals surface area contributed by atoms with Gasteiger partial charge in [-0.3, -0.25) is 0 Å². The van der Waals surface area contributed by atoms with Crippen LogP contribution in [0.3, 0.4) is 0 Å². The van der Waals surface area contributed by atoms with Crippen molar-refractivity contribution in [2.75, 3.05) is 13.1 Å². The lowest BCUT2D eigenvalue weighted by molar-refractivity contribution is 0.629. The van der Waals surface area contributed by atoms with Crippen molar-refractivity contribution in [2.45, 2.75) is 12.8 Å². The van der Waals surface area contributed by atoms with E-state index in [9.17, 15) is 8.78 Å². The largest absolute Gasteiger partial charge is 0.361 e. The molecular weight excluding hydrogens is 320 g/mol. The number of H-pyrrole nitrogens is 2. The van der Waals surface area contributed by atoms with Gasteiger partial charge >= 0.3 is 0 Å². The molecule has 0 amide bonds. The second-order valence-corrected chi connectivity index (χ2v) is 6.26. The molecule has 0 unspecified atom stereocenters. The fourth-order valence-corrected chi connectivity index (χ4v) is 3.30. The number of benzene rings is 2. The van der Waals surface area contributed by atoms with Gasteiger partial charge in [-0.25, -0.2) is 8.78 Å². The monoisotopic (exact) mass is 339 g/mol. The van der Waals surface area contributed by atoms with E-state index in [-0.39, 0.29) is 11.6 Å². The molecule has 0 spiro atoms. The van der Waals surface area contributed by atoms with Crippen LogP contribution in [0.1, 0.15) is 11.1 Å². The molecule has 128 valence electrons. The SMILES string of the molecule is Fc1ccc2c(CCNCCc3c[nH]c4cc(F)ccc34)c[nH]c2c1. The van der Waals surface area contributed by atoms with E-state index in [0.717, 1.165) is 47.7 Å². The lowest BCUT2D eigenvalue weighted by Crippen LogP contribution is -2.20. The van der Waals surface area contributed by atoms with Crippen LogP contribution in [-0.4, -0.2) is 23.1 Å². The number of hydrogen-bond donors (Lipinski definition) is 3. The maximum atomic E-state index is 13.2. The van der Waals surface area contributed by atoms with E-state index >= 15 is 0 Å². The van der Waals surface area contributed by atoms with E-state index < -0.39 is 0 Å². The van der Waals surface area contributed by atoms with Gasteiger partial charge in [-0.05, 0) is 73.5 Å². The van der Waals surface area contributed by atoms with Crippen molar-refractivity contribution in [3.63, 3.8) is 0 Å². The van der Waals surface area contributed by atoms with Crippen LogP contribution in [0.15, 0.2) is 48.8 Å². The first kappa shape index (κ1) is 15.8. The van der Waals surface area contributed by atoms with Crippen molar-refractivity contribution in [1.82, 2.24) is 15.3 Å². The molecule has 2 aromatic heterocycles. The highest BCUT2D eigenvalue weighted by molar-refractivity contribution is 5.83. The average molecular weight is 339 g/mol. The Balaban J connectivity index is 1.31. The molecule has 0 aliphatic heterocycles. The Morgan fingerprint density at radius 3 is 1.68 bits per heavy atom. The lowest BCUT2D eigenvalue weighted by atomic mass is 10.1. The predicted octanol–water partition coefficient (Wildman–Crippen LogP) is 4.30. The number of nitrogens with one attached hydrogen (secondary N) is 3. The topological polar surface area (TPSA) is 43.6 Å². The molecule has 0 atom stereocenters. The molecule has 0 bridgehead atoms. The van der Waals surface area contributed by atoms with E-state index in [1.807, 2.05) is 24.5 Å². The van der Waals surface area contributed by atoms with Crippen molar-refractivity contribution in [3.05, 3.63) is 71.6 Å². The fraction of sp³-hybridized carbons (Fsp3) is 0.200. The second-order valence-electron chi connectivity index (χ2n) is 6.26. The summed E-state index contributed by atoms with van der Waals surface area (Å²) >= 11 is 0. The molecule has 25 heavy (non-hydrogen) atoms. The molecule has 0 aliphatic rings. The predicted molar refractivity (Wildman–Crippen MR) is 96.8 cm³/mol. The number of aromatic amines is 2. The summed E-state index contributed by atoms with van der Waals surface area (Å²) in [7, 11) is 0. The Hall–Kier alpha value is -2.66. The van der Waals surface area contributed by atoms with E-state index in [4.69, 9.17) is 0 Å². The summed E-state index contributed by atoms with van der Waals surface area (Å²) in [6.45, 7) is 1.70. The van der Waals surface area contributed by atoms with Crippen LogP contribution < -0.4 is 5.32 Å². The van der Waals surface area contributed by atoms with Gasteiger partial charge in [0.05, 0.1) is 0 Å².